The Bertz CT molecular complexity index is 1100. The zero-order chi connectivity index (χ0) is 19.3. The SMILES string of the molecule is CC(=O)NNC(=O)CSc1nnc2c3c4c(sc3nc(C3CC3)n12)CCCC4. The molecule has 1 fully saturated rings. The number of hydrogen-bond donors (Lipinski definition) is 2. The second-order valence-corrected chi connectivity index (χ2v) is 9.32. The molecule has 0 atom stereocenters. The van der Waals surface area contributed by atoms with Crippen LogP contribution in [0.3, 0.4) is 0 Å². The summed E-state index contributed by atoms with van der Waals surface area (Å²) in [5.74, 6) is 0.999. The summed E-state index contributed by atoms with van der Waals surface area (Å²) in [7, 11) is 0. The van der Waals surface area contributed by atoms with E-state index in [0.717, 1.165) is 47.4 Å². The van der Waals surface area contributed by atoms with Gasteiger partial charge >= 0.3 is 0 Å². The van der Waals surface area contributed by atoms with Crippen molar-refractivity contribution in [2.24, 2.45) is 0 Å². The van der Waals surface area contributed by atoms with Crippen LogP contribution in [0, 0.1) is 0 Å². The first-order valence-electron chi connectivity index (χ1n) is 9.49. The van der Waals surface area contributed by atoms with Gasteiger partial charge in [-0.2, -0.15) is 0 Å². The lowest BCUT2D eigenvalue weighted by Gasteiger charge is -2.11. The number of fused-ring (bicyclic) bond motifs is 5. The van der Waals surface area contributed by atoms with Crippen LogP contribution in [0.15, 0.2) is 5.16 Å². The molecule has 2 amide bonds. The van der Waals surface area contributed by atoms with Crippen molar-refractivity contribution in [2.75, 3.05) is 5.75 Å². The second-order valence-electron chi connectivity index (χ2n) is 7.29. The zero-order valence-corrected chi connectivity index (χ0v) is 17.1. The largest absolute Gasteiger partial charge is 0.274 e. The molecule has 28 heavy (non-hydrogen) atoms. The van der Waals surface area contributed by atoms with Gasteiger partial charge in [-0.1, -0.05) is 11.8 Å². The lowest BCUT2D eigenvalue weighted by atomic mass is 9.97. The lowest BCUT2D eigenvalue weighted by Crippen LogP contribution is -2.41. The van der Waals surface area contributed by atoms with Crippen LogP contribution in [0.4, 0.5) is 0 Å². The standard InChI is InChI=1S/C18H20N6O2S2/c1-9(25)20-21-13(26)8-27-18-23-22-16-14-11-4-2-3-5-12(11)28-17(14)19-15(24(16)18)10-6-7-10/h10H,2-8H2,1H3,(H,20,25)(H,21,26). The predicted molar refractivity (Wildman–Crippen MR) is 107 cm³/mol. The Hall–Kier alpha value is -2.20. The Balaban J connectivity index is 1.54. The summed E-state index contributed by atoms with van der Waals surface area (Å²) in [6.45, 7) is 1.35. The van der Waals surface area contributed by atoms with Crippen molar-refractivity contribution in [1.29, 1.82) is 0 Å². The number of aryl methyl sites for hydroxylation is 2. The maximum absolute atomic E-state index is 12.0. The maximum Gasteiger partial charge on any atom is 0.248 e. The molecule has 1 saturated carbocycles. The smallest absolute Gasteiger partial charge is 0.248 e. The van der Waals surface area contributed by atoms with Crippen LogP contribution >= 0.6 is 23.1 Å². The van der Waals surface area contributed by atoms with Crippen molar-refractivity contribution in [2.45, 2.75) is 56.5 Å². The van der Waals surface area contributed by atoms with Gasteiger partial charge in [0.05, 0.1) is 11.1 Å². The van der Waals surface area contributed by atoms with E-state index < -0.39 is 0 Å². The van der Waals surface area contributed by atoms with Crippen LogP contribution in [0.2, 0.25) is 0 Å². The van der Waals surface area contributed by atoms with Gasteiger partial charge in [0.15, 0.2) is 10.8 Å². The van der Waals surface area contributed by atoms with E-state index in [0.29, 0.717) is 11.1 Å². The number of aromatic nitrogens is 4. The van der Waals surface area contributed by atoms with Crippen molar-refractivity contribution in [1.82, 2.24) is 30.4 Å². The number of nitrogens with one attached hydrogen (secondary N) is 2. The Morgan fingerprint density at radius 1 is 1.21 bits per heavy atom. The van der Waals surface area contributed by atoms with Crippen molar-refractivity contribution in [3.63, 3.8) is 0 Å². The fourth-order valence-corrected chi connectivity index (χ4v) is 5.69. The summed E-state index contributed by atoms with van der Waals surface area (Å²) in [6.07, 6.45) is 6.90. The van der Waals surface area contributed by atoms with Gasteiger partial charge in [0, 0.05) is 17.7 Å². The maximum atomic E-state index is 12.0. The molecule has 2 aliphatic carbocycles. The molecule has 0 aliphatic heterocycles. The molecule has 0 bridgehead atoms. The first kappa shape index (κ1) is 17.9. The van der Waals surface area contributed by atoms with Gasteiger partial charge < -0.3 is 0 Å². The number of amides is 2. The Morgan fingerprint density at radius 2 is 2.04 bits per heavy atom. The molecule has 0 aromatic carbocycles. The molecule has 8 nitrogen and oxygen atoms in total. The normalized spacial score (nSPS) is 16.3. The first-order valence-corrected chi connectivity index (χ1v) is 11.3. The second kappa shape index (κ2) is 7.00. The van der Waals surface area contributed by atoms with E-state index >= 15 is 0 Å². The summed E-state index contributed by atoms with van der Waals surface area (Å²) in [6, 6.07) is 0. The van der Waals surface area contributed by atoms with Gasteiger partial charge in [0.25, 0.3) is 0 Å². The summed E-state index contributed by atoms with van der Waals surface area (Å²) < 4.78 is 2.05. The van der Waals surface area contributed by atoms with E-state index in [2.05, 4.69) is 25.4 Å². The predicted octanol–water partition coefficient (Wildman–Crippen LogP) is 2.35. The molecule has 0 unspecified atom stereocenters. The average Bonchev–Trinajstić information content (AvgIpc) is 3.34. The number of thiophene rings is 1. The van der Waals surface area contributed by atoms with Crippen molar-refractivity contribution in [3.8, 4) is 0 Å². The van der Waals surface area contributed by atoms with Gasteiger partial charge in [0.2, 0.25) is 11.8 Å². The molecule has 2 N–H and O–H groups in total. The van der Waals surface area contributed by atoms with Gasteiger partial charge in [-0.05, 0) is 44.1 Å². The van der Waals surface area contributed by atoms with Crippen LogP contribution < -0.4 is 10.9 Å². The number of carbonyl (C=O) groups is 2. The minimum atomic E-state index is -0.309. The molecule has 2 aliphatic rings. The Labute approximate surface area is 169 Å². The van der Waals surface area contributed by atoms with Crippen LogP contribution in [-0.2, 0) is 22.4 Å². The van der Waals surface area contributed by atoms with E-state index in [1.165, 1.54) is 42.0 Å². The fourth-order valence-electron chi connectivity index (χ4n) is 3.69. The van der Waals surface area contributed by atoms with Gasteiger partial charge in [-0.25, -0.2) is 4.98 Å². The van der Waals surface area contributed by atoms with E-state index in [4.69, 9.17) is 4.98 Å². The molecule has 146 valence electrons. The van der Waals surface area contributed by atoms with E-state index in [-0.39, 0.29) is 17.6 Å². The Kier molecular flexibility index (Phi) is 4.47. The first-order chi connectivity index (χ1) is 13.6. The van der Waals surface area contributed by atoms with Gasteiger partial charge in [-0.3, -0.25) is 24.8 Å². The summed E-state index contributed by atoms with van der Waals surface area (Å²) >= 11 is 3.12. The number of hydrazine groups is 1. The summed E-state index contributed by atoms with van der Waals surface area (Å²) in [5.41, 5.74) is 6.94. The third-order valence-electron chi connectivity index (χ3n) is 5.11. The third kappa shape index (κ3) is 3.14. The number of hydrogen-bond acceptors (Lipinski definition) is 7. The topological polar surface area (TPSA) is 101 Å². The van der Waals surface area contributed by atoms with E-state index in [9.17, 15) is 9.59 Å². The minimum Gasteiger partial charge on any atom is -0.274 e. The average molecular weight is 417 g/mol. The van der Waals surface area contributed by atoms with Crippen LogP contribution in [-0.4, -0.2) is 37.1 Å². The van der Waals surface area contributed by atoms with Crippen molar-refractivity contribution < 1.29 is 9.59 Å². The number of thioether (sulfide) groups is 1. The Morgan fingerprint density at radius 3 is 2.82 bits per heavy atom. The third-order valence-corrected chi connectivity index (χ3v) is 7.22. The fraction of sp³-hybridized carbons (Fsp3) is 0.500. The zero-order valence-electron chi connectivity index (χ0n) is 15.4. The quantitative estimate of drug-likeness (QED) is 0.500. The van der Waals surface area contributed by atoms with Crippen LogP contribution in [0.1, 0.15) is 54.8 Å². The molecule has 3 aromatic rings. The molecule has 5 rings (SSSR count). The molecule has 0 spiro atoms. The summed E-state index contributed by atoms with van der Waals surface area (Å²) in [4.78, 5) is 30.4. The molecule has 0 saturated heterocycles. The van der Waals surface area contributed by atoms with Gasteiger partial charge in [0.1, 0.15) is 10.7 Å². The number of rotatable bonds is 4. The highest BCUT2D eigenvalue weighted by Crippen LogP contribution is 2.44. The highest BCUT2D eigenvalue weighted by atomic mass is 32.2. The van der Waals surface area contributed by atoms with Crippen molar-refractivity contribution >= 4 is 50.8 Å². The molecular formula is C18H20N6O2S2. The molecular weight excluding hydrogens is 396 g/mol. The number of carbonyl (C=O) groups excluding carboxylic acids is 2. The molecule has 3 aromatic heterocycles. The molecule has 3 heterocycles. The monoisotopic (exact) mass is 416 g/mol. The van der Waals surface area contributed by atoms with E-state index in [1.807, 2.05) is 11.3 Å². The van der Waals surface area contributed by atoms with Crippen LogP contribution in [0.5, 0.6) is 0 Å². The lowest BCUT2D eigenvalue weighted by molar-refractivity contribution is -0.126. The molecule has 0 radical (unpaired) electrons. The van der Waals surface area contributed by atoms with E-state index in [1.54, 1.807) is 0 Å². The van der Waals surface area contributed by atoms with Crippen molar-refractivity contribution in [3.05, 3.63) is 16.3 Å². The highest BCUT2D eigenvalue weighted by molar-refractivity contribution is 7.99. The minimum absolute atomic E-state index is 0.144. The summed E-state index contributed by atoms with van der Waals surface area (Å²) in [5, 5.41) is 10.7. The van der Waals surface area contributed by atoms with Gasteiger partial charge in [-0.15, -0.1) is 21.5 Å². The number of nitrogens with zero attached hydrogens (tertiary/aromatic N) is 4. The van der Waals surface area contributed by atoms with Crippen LogP contribution in [0.25, 0.3) is 15.9 Å². The molecule has 10 heteroatoms. The highest BCUT2D eigenvalue weighted by Gasteiger charge is 2.32.